The van der Waals surface area contributed by atoms with Crippen LogP contribution in [0.4, 0.5) is 0 Å². The average Bonchev–Trinajstić information content (AvgIpc) is 2.88. The number of carbonyl (C=O) groups is 1. The minimum Gasteiger partial charge on any atom is -0.349 e. The molecule has 2 heterocycles. The summed E-state index contributed by atoms with van der Waals surface area (Å²) in [6.45, 7) is 5.70. The third-order valence-corrected chi connectivity index (χ3v) is 7.29. The van der Waals surface area contributed by atoms with Crippen LogP contribution in [0.15, 0.2) is 46.9 Å². The summed E-state index contributed by atoms with van der Waals surface area (Å²) in [6, 6.07) is 7.05. The minimum atomic E-state index is -3.10. The van der Waals surface area contributed by atoms with Gasteiger partial charge in [0.25, 0.3) is 5.56 Å². The van der Waals surface area contributed by atoms with Gasteiger partial charge in [0.05, 0.1) is 33.7 Å². The van der Waals surface area contributed by atoms with E-state index in [4.69, 9.17) is 0 Å². The highest BCUT2D eigenvalue weighted by Crippen LogP contribution is 2.23. The number of fused-ring (bicyclic) bond motifs is 1. The summed E-state index contributed by atoms with van der Waals surface area (Å²) in [5.41, 5.74) is -0.356. The van der Waals surface area contributed by atoms with Gasteiger partial charge in [0.2, 0.25) is 5.91 Å². The van der Waals surface area contributed by atoms with Crippen molar-refractivity contribution in [2.45, 2.75) is 30.6 Å². The lowest BCUT2D eigenvalue weighted by Gasteiger charge is -2.23. The molecule has 0 bridgehead atoms. The first-order chi connectivity index (χ1) is 12.7. The van der Waals surface area contributed by atoms with Crippen LogP contribution >= 0.6 is 11.8 Å². The Kier molecular flexibility index (Phi) is 5.43. The minimum absolute atomic E-state index is 0.0392. The highest BCUT2D eigenvalue weighted by atomic mass is 32.2. The molecular formula is C18H21N3O4S2. The fourth-order valence-electron chi connectivity index (χ4n) is 3.16. The standard InChI is InChI=1S/C18H21N3O4S2/c1-3-9-21-16(23)13-6-4-5-7-14(13)19-17(21)26-11-15(22)20-18(2)8-10-27(24,25)12-18/h3-7H,1,8-12H2,2H3,(H,20,22)/t18-/m1/s1. The van der Waals surface area contributed by atoms with Gasteiger partial charge in [-0.2, -0.15) is 0 Å². The van der Waals surface area contributed by atoms with Crippen molar-refractivity contribution in [2.75, 3.05) is 17.3 Å². The quantitative estimate of drug-likeness (QED) is 0.441. The van der Waals surface area contributed by atoms with E-state index in [1.54, 1.807) is 37.3 Å². The molecule has 27 heavy (non-hydrogen) atoms. The van der Waals surface area contributed by atoms with Gasteiger partial charge in [-0.15, -0.1) is 6.58 Å². The topological polar surface area (TPSA) is 98.1 Å². The molecule has 1 aromatic carbocycles. The second-order valence-corrected chi connectivity index (χ2v) is 9.98. The molecule has 0 radical (unpaired) electrons. The first-order valence-electron chi connectivity index (χ1n) is 8.48. The van der Waals surface area contributed by atoms with Gasteiger partial charge < -0.3 is 5.32 Å². The summed E-state index contributed by atoms with van der Waals surface area (Å²) in [7, 11) is -3.10. The largest absolute Gasteiger partial charge is 0.349 e. The van der Waals surface area contributed by atoms with Crippen molar-refractivity contribution in [1.82, 2.24) is 14.9 Å². The molecule has 3 rings (SSSR count). The fraction of sp³-hybridized carbons (Fsp3) is 0.389. The van der Waals surface area contributed by atoms with E-state index in [1.165, 1.54) is 4.57 Å². The third kappa shape index (κ3) is 4.41. The molecule has 0 spiro atoms. The molecule has 1 N–H and O–H groups in total. The van der Waals surface area contributed by atoms with E-state index in [9.17, 15) is 18.0 Å². The zero-order valence-electron chi connectivity index (χ0n) is 15.0. The van der Waals surface area contributed by atoms with Crippen LogP contribution in [-0.2, 0) is 21.2 Å². The van der Waals surface area contributed by atoms with Crippen molar-refractivity contribution >= 4 is 38.4 Å². The van der Waals surface area contributed by atoms with Crippen LogP contribution in [0.5, 0.6) is 0 Å². The predicted molar refractivity (Wildman–Crippen MR) is 107 cm³/mol. The summed E-state index contributed by atoms with van der Waals surface area (Å²) in [5, 5.41) is 3.75. The van der Waals surface area contributed by atoms with Crippen LogP contribution in [0.3, 0.4) is 0 Å². The van der Waals surface area contributed by atoms with Crippen LogP contribution in [0.25, 0.3) is 10.9 Å². The summed E-state index contributed by atoms with van der Waals surface area (Å²) < 4.78 is 24.8. The summed E-state index contributed by atoms with van der Waals surface area (Å²) in [5.74, 6) is -0.210. The number of benzene rings is 1. The SMILES string of the molecule is C=CCn1c(SCC(=O)N[C@]2(C)CCS(=O)(=O)C2)nc2ccccc2c1=O. The summed E-state index contributed by atoms with van der Waals surface area (Å²) >= 11 is 1.15. The number of thioether (sulfide) groups is 1. The molecule has 0 aliphatic carbocycles. The Morgan fingerprint density at radius 3 is 2.85 bits per heavy atom. The molecule has 1 fully saturated rings. The molecule has 7 nitrogen and oxygen atoms in total. The van der Waals surface area contributed by atoms with E-state index in [2.05, 4.69) is 16.9 Å². The number of rotatable bonds is 6. The molecule has 2 aromatic rings. The number of carbonyl (C=O) groups excluding carboxylic acids is 1. The van der Waals surface area contributed by atoms with Gasteiger partial charge in [-0.05, 0) is 25.5 Å². The van der Waals surface area contributed by atoms with Gasteiger partial charge in [0, 0.05) is 6.54 Å². The molecule has 0 unspecified atom stereocenters. The third-order valence-electron chi connectivity index (χ3n) is 4.42. The maximum absolute atomic E-state index is 12.7. The fourth-order valence-corrected chi connectivity index (χ4v) is 6.06. The number of hydrogen-bond donors (Lipinski definition) is 1. The average molecular weight is 408 g/mol. The highest BCUT2D eigenvalue weighted by molar-refractivity contribution is 7.99. The second-order valence-electron chi connectivity index (χ2n) is 6.86. The smallest absolute Gasteiger partial charge is 0.262 e. The predicted octanol–water partition coefficient (Wildman–Crippen LogP) is 1.37. The zero-order valence-corrected chi connectivity index (χ0v) is 16.6. The lowest BCUT2D eigenvalue weighted by atomic mass is 10.0. The van der Waals surface area contributed by atoms with Crippen molar-refractivity contribution < 1.29 is 13.2 Å². The van der Waals surface area contributed by atoms with Crippen molar-refractivity contribution in [3.05, 3.63) is 47.3 Å². The van der Waals surface area contributed by atoms with E-state index in [0.29, 0.717) is 22.5 Å². The van der Waals surface area contributed by atoms with Crippen LogP contribution in [0.1, 0.15) is 13.3 Å². The Morgan fingerprint density at radius 1 is 1.44 bits per heavy atom. The van der Waals surface area contributed by atoms with Gasteiger partial charge in [-0.3, -0.25) is 14.2 Å². The van der Waals surface area contributed by atoms with E-state index in [-0.39, 0.29) is 35.3 Å². The molecule has 1 aliphatic rings. The molecule has 1 saturated heterocycles. The molecule has 1 atom stereocenters. The Labute approximate surface area is 161 Å². The number of nitrogens with zero attached hydrogens (tertiary/aromatic N) is 2. The molecule has 0 saturated carbocycles. The molecule has 144 valence electrons. The summed E-state index contributed by atoms with van der Waals surface area (Å²) in [4.78, 5) is 29.5. The molecule has 1 aliphatic heterocycles. The van der Waals surface area contributed by atoms with E-state index < -0.39 is 15.4 Å². The Morgan fingerprint density at radius 2 is 2.19 bits per heavy atom. The van der Waals surface area contributed by atoms with E-state index >= 15 is 0 Å². The van der Waals surface area contributed by atoms with Gasteiger partial charge >= 0.3 is 0 Å². The number of amides is 1. The van der Waals surface area contributed by atoms with Gasteiger partial charge in [0.1, 0.15) is 0 Å². The monoisotopic (exact) mass is 407 g/mol. The molecule has 1 amide bonds. The number of hydrogen-bond acceptors (Lipinski definition) is 6. The van der Waals surface area contributed by atoms with Crippen LogP contribution in [0, 0.1) is 0 Å². The van der Waals surface area contributed by atoms with Crippen molar-refractivity contribution in [3.8, 4) is 0 Å². The van der Waals surface area contributed by atoms with E-state index in [1.807, 2.05) is 0 Å². The normalized spacial score (nSPS) is 21.2. The first kappa shape index (κ1) is 19.6. The van der Waals surface area contributed by atoms with Gasteiger partial charge in [-0.25, -0.2) is 13.4 Å². The zero-order chi connectivity index (χ0) is 19.7. The lowest BCUT2D eigenvalue weighted by molar-refractivity contribution is -0.120. The number of sulfone groups is 1. The molecular weight excluding hydrogens is 386 g/mol. The number of allylic oxidation sites excluding steroid dienone is 1. The Bertz CT molecular complexity index is 1060. The Hall–Kier alpha value is -2.13. The molecule has 1 aromatic heterocycles. The van der Waals surface area contributed by atoms with E-state index in [0.717, 1.165) is 11.8 Å². The first-order valence-corrected chi connectivity index (χ1v) is 11.3. The van der Waals surface area contributed by atoms with Gasteiger partial charge in [-0.1, -0.05) is 30.0 Å². The highest BCUT2D eigenvalue weighted by Gasteiger charge is 2.39. The number of aromatic nitrogens is 2. The summed E-state index contributed by atoms with van der Waals surface area (Å²) in [6.07, 6.45) is 2.01. The van der Waals surface area contributed by atoms with Gasteiger partial charge in [0.15, 0.2) is 15.0 Å². The number of nitrogens with one attached hydrogen (secondary N) is 1. The lowest BCUT2D eigenvalue weighted by Crippen LogP contribution is -2.47. The van der Waals surface area contributed by atoms with Crippen molar-refractivity contribution in [1.29, 1.82) is 0 Å². The second kappa shape index (κ2) is 7.47. The Balaban J connectivity index is 1.78. The maximum atomic E-state index is 12.7. The maximum Gasteiger partial charge on any atom is 0.262 e. The van der Waals surface area contributed by atoms with Crippen molar-refractivity contribution in [2.24, 2.45) is 0 Å². The van der Waals surface area contributed by atoms with Crippen LogP contribution < -0.4 is 10.9 Å². The van der Waals surface area contributed by atoms with Crippen LogP contribution in [-0.4, -0.2) is 46.7 Å². The molecule has 9 heteroatoms. The van der Waals surface area contributed by atoms with Crippen LogP contribution in [0.2, 0.25) is 0 Å². The number of para-hydroxylation sites is 1. The van der Waals surface area contributed by atoms with Crippen molar-refractivity contribution in [3.63, 3.8) is 0 Å².